The number of nitrogens with one attached hydrogen (secondary N) is 2. The molecule has 1 aromatic carbocycles. The van der Waals surface area contributed by atoms with E-state index in [-0.39, 0.29) is 0 Å². The van der Waals surface area contributed by atoms with Gasteiger partial charge >= 0.3 is 12.0 Å². The van der Waals surface area contributed by atoms with Crippen LogP contribution in [0, 0.1) is 0 Å². The number of halogens is 1. The van der Waals surface area contributed by atoms with Gasteiger partial charge in [-0.3, -0.25) is 0 Å². The van der Waals surface area contributed by atoms with Gasteiger partial charge in [0, 0.05) is 11.0 Å². The highest BCUT2D eigenvalue weighted by molar-refractivity contribution is 9.10. The fourth-order valence-corrected chi connectivity index (χ4v) is 2.45. The molecule has 7 heteroatoms. The quantitative estimate of drug-likeness (QED) is 0.697. The zero-order valence-corrected chi connectivity index (χ0v) is 13.5. The second-order valence-electron chi connectivity index (χ2n) is 4.13. The average Bonchev–Trinajstić information content (AvgIpc) is 2.41. The summed E-state index contributed by atoms with van der Waals surface area (Å²) in [6.45, 7) is 0.347. The first kappa shape index (κ1) is 16.8. The van der Waals surface area contributed by atoms with Crippen LogP contribution in [-0.4, -0.2) is 35.2 Å². The second-order valence-corrected chi connectivity index (χ2v) is 6.03. The summed E-state index contributed by atoms with van der Waals surface area (Å²) in [5.74, 6) is -0.334. The number of carbonyl (C=O) groups excluding carboxylic acids is 1. The van der Waals surface area contributed by atoms with Crippen LogP contribution in [0.15, 0.2) is 28.7 Å². The standard InChI is InChI=1S/C13H17BrN2O3S/c1-20-6-5-11(12(17)18)16-13(19)15-8-9-3-2-4-10(14)7-9/h2-4,7,11H,5-6,8H2,1H3,(H,17,18)(H2,15,16,19)/t11-/m1/s1. The van der Waals surface area contributed by atoms with Gasteiger partial charge in [0.25, 0.3) is 0 Å². The van der Waals surface area contributed by atoms with Crippen LogP contribution in [0.3, 0.4) is 0 Å². The van der Waals surface area contributed by atoms with Crippen molar-refractivity contribution in [2.45, 2.75) is 19.0 Å². The van der Waals surface area contributed by atoms with Gasteiger partial charge in [-0.1, -0.05) is 28.1 Å². The van der Waals surface area contributed by atoms with Crippen LogP contribution in [0.2, 0.25) is 0 Å². The molecule has 0 bridgehead atoms. The predicted octanol–water partition coefficient (Wildman–Crippen LogP) is 2.45. The minimum absolute atomic E-state index is 0.347. The Labute approximate surface area is 130 Å². The molecule has 110 valence electrons. The zero-order chi connectivity index (χ0) is 15.0. The first-order valence-electron chi connectivity index (χ1n) is 6.03. The van der Waals surface area contributed by atoms with Crippen LogP contribution in [0.5, 0.6) is 0 Å². The van der Waals surface area contributed by atoms with Crippen molar-refractivity contribution in [2.75, 3.05) is 12.0 Å². The van der Waals surface area contributed by atoms with Gasteiger partial charge in [-0.15, -0.1) is 0 Å². The van der Waals surface area contributed by atoms with Gasteiger partial charge in [-0.25, -0.2) is 9.59 Å². The Morgan fingerprint density at radius 2 is 2.20 bits per heavy atom. The summed E-state index contributed by atoms with van der Waals surface area (Å²) >= 11 is 4.89. The van der Waals surface area contributed by atoms with Crippen LogP contribution < -0.4 is 10.6 Å². The molecular weight excluding hydrogens is 344 g/mol. The molecule has 0 unspecified atom stereocenters. The van der Waals surface area contributed by atoms with E-state index in [4.69, 9.17) is 5.11 Å². The van der Waals surface area contributed by atoms with E-state index in [0.717, 1.165) is 10.0 Å². The van der Waals surface area contributed by atoms with Gasteiger partial charge in [-0.05, 0) is 36.1 Å². The molecule has 5 nitrogen and oxygen atoms in total. The summed E-state index contributed by atoms with van der Waals surface area (Å²) in [6.07, 6.45) is 2.30. The number of hydrogen-bond acceptors (Lipinski definition) is 3. The van der Waals surface area contributed by atoms with Crippen molar-refractivity contribution in [3.8, 4) is 0 Å². The summed E-state index contributed by atoms with van der Waals surface area (Å²) < 4.78 is 0.931. The topological polar surface area (TPSA) is 78.4 Å². The molecule has 0 aliphatic carbocycles. The number of urea groups is 1. The fourth-order valence-electron chi connectivity index (χ4n) is 1.53. The van der Waals surface area contributed by atoms with Gasteiger partial charge in [0.1, 0.15) is 6.04 Å². The van der Waals surface area contributed by atoms with Gasteiger partial charge in [0.2, 0.25) is 0 Å². The summed E-state index contributed by atoms with van der Waals surface area (Å²) in [7, 11) is 0. The maximum absolute atomic E-state index is 11.7. The van der Waals surface area contributed by atoms with E-state index in [1.54, 1.807) is 11.8 Å². The highest BCUT2D eigenvalue weighted by Crippen LogP contribution is 2.11. The molecule has 1 rings (SSSR count). The smallest absolute Gasteiger partial charge is 0.326 e. The van der Waals surface area contributed by atoms with Crippen molar-refractivity contribution >= 4 is 39.7 Å². The molecule has 1 aromatic rings. The van der Waals surface area contributed by atoms with Crippen LogP contribution in [0.1, 0.15) is 12.0 Å². The molecular formula is C13H17BrN2O3S. The van der Waals surface area contributed by atoms with Crippen molar-refractivity contribution in [3.63, 3.8) is 0 Å². The van der Waals surface area contributed by atoms with Gasteiger partial charge in [0.15, 0.2) is 0 Å². The van der Waals surface area contributed by atoms with Crippen molar-refractivity contribution in [1.29, 1.82) is 0 Å². The van der Waals surface area contributed by atoms with E-state index in [0.29, 0.717) is 18.7 Å². The lowest BCUT2D eigenvalue weighted by Gasteiger charge is -2.14. The minimum atomic E-state index is -1.02. The number of carboxylic acids is 1. The Morgan fingerprint density at radius 1 is 1.45 bits per heavy atom. The summed E-state index contributed by atoms with van der Waals surface area (Å²) in [5.41, 5.74) is 0.936. The lowest BCUT2D eigenvalue weighted by molar-refractivity contribution is -0.139. The lowest BCUT2D eigenvalue weighted by atomic mass is 10.2. The fraction of sp³-hybridized carbons (Fsp3) is 0.385. The van der Waals surface area contributed by atoms with E-state index in [9.17, 15) is 9.59 Å². The van der Waals surface area contributed by atoms with Crippen LogP contribution in [-0.2, 0) is 11.3 Å². The van der Waals surface area contributed by atoms with E-state index in [1.807, 2.05) is 30.5 Å². The van der Waals surface area contributed by atoms with E-state index in [2.05, 4.69) is 26.6 Å². The SMILES string of the molecule is CSCC[C@@H](NC(=O)NCc1cccc(Br)c1)C(=O)O. The number of aliphatic carboxylic acids is 1. The molecule has 0 saturated carbocycles. The van der Waals surface area contributed by atoms with Crippen molar-refractivity contribution < 1.29 is 14.7 Å². The first-order valence-corrected chi connectivity index (χ1v) is 8.22. The largest absolute Gasteiger partial charge is 0.480 e. The molecule has 0 fully saturated rings. The third-order valence-corrected chi connectivity index (χ3v) is 3.69. The first-order chi connectivity index (χ1) is 9.52. The molecule has 0 saturated heterocycles. The number of amides is 2. The monoisotopic (exact) mass is 360 g/mol. The number of carbonyl (C=O) groups is 2. The highest BCUT2D eigenvalue weighted by Gasteiger charge is 2.18. The van der Waals surface area contributed by atoms with Crippen molar-refractivity contribution in [2.24, 2.45) is 0 Å². The molecule has 0 aromatic heterocycles. The van der Waals surface area contributed by atoms with E-state index in [1.165, 1.54) is 0 Å². The second kappa shape index (κ2) is 8.86. The maximum Gasteiger partial charge on any atom is 0.326 e. The molecule has 0 heterocycles. The van der Waals surface area contributed by atoms with Gasteiger partial charge in [0.05, 0.1) is 0 Å². The predicted molar refractivity (Wildman–Crippen MR) is 83.9 cm³/mol. The summed E-state index contributed by atoms with van der Waals surface area (Å²) in [6, 6.07) is 6.21. The molecule has 0 radical (unpaired) electrons. The van der Waals surface area contributed by atoms with Crippen molar-refractivity contribution in [3.05, 3.63) is 34.3 Å². The molecule has 0 aliphatic rings. The van der Waals surface area contributed by atoms with Gasteiger partial charge in [-0.2, -0.15) is 11.8 Å². The molecule has 20 heavy (non-hydrogen) atoms. The Bertz CT molecular complexity index is 471. The van der Waals surface area contributed by atoms with Gasteiger partial charge < -0.3 is 15.7 Å². The molecule has 1 atom stereocenters. The molecule has 3 N–H and O–H groups in total. The Balaban J connectivity index is 2.43. The van der Waals surface area contributed by atoms with E-state index < -0.39 is 18.0 Å². The summed E-state index contributed by atoms with van der Waals surface area (Å²) in [5, 5.41) is 14.1. The summed E-state index contributed by atoms with van der Waals surface area (Å²) in [4.78, 5) is 22.7. The lowest BCUT2D eigenvalue weighted by Crippen LogP contribution is -2.46. The number of thioether (sulfide) groups is 1. The number of hydrogen-bond donors (Lipinski definition) is 3. The van der Waals surface area contributed by atoms with E-state index >= 15 is 0 Å². The number of rotatable bonds is 7. The average molecular weight is 361 g/mol. The Kier molecular flexibility index (Phi) is 7.46. The zero-order valence-electron chi connectivity index (χ0n) is 11.1. The molecule has 2 amide bonds. The van der Waals surface area contributed by atoms with Crippen LogP contribution in [0.4, 0.5) is 4.79 Å². The Hall–Kier alpha value is -1.21. The number of benzene rings is 1. The maximum atomic E-state index is 11.7. The third-order valence-electron chi connectivity index (χ3n) is 2.56. The van der Waals surface area contributed by atoms with Crippen LogP contribution in [0.25, 0.3) is 0 Å². The third kappa shape index (κ3) is 6.29. The number of carboxylic acid groups (broad SMARTS) is 1. The molecule has 0 spiro atoms. The molecule has 0 aliphatic heterocycles. The van der Waals surface area contributed by atoms with Crippen molar-refractivity contribution in [1.82, 2.24) is 10.6 Å². The highest BCUT2D eigenvalue weighted by atomic mass is 79.9. The minimum Gasteiger partial charge on any atom is -0.480 e. The normalized spacial score (nSPS) is 11.7. The Morgan fingerprint density at radius 3 is 2.80 bits per heavy atom. The van der Waals surface area contributed by atoms with Crippen LogP contribution >= 0.6 is 27.7 Å².